The van der Waals surface area contributed by atoms with Gasteiger partial charge in [-0.3, -0.25) is 0 Å². The zero-order valence-electron chi connectivity index (χ0n) is 7.73. The lowest BCUT2D eigenvalue weighted by molar-refractivity contribution is 0.128. The summed E-state index contributed by atoms with van der Waals surface area (Å²) in [6.45, 7) is 2.76. The van der Waals surface area contributed by atoms with Crippen molar-refractivity contribution >= 4 is 0 Å². The van der Waals surface area contributed by atoms with Crippen LogP contribution in [0, 0.1) is 0 Å². The first-order valence-corrected chi connectivity index (χ1v) is 4.72. The first-order chi connectivity index (χ1) is 6.33. The lowest BCUT2D eigenvalue weighted by Gasteiger charge is -2.02. The molecular weight excluding hydrogens is 164 g/mol. The van der Waals surface area contributed by atoms with Crippen molar-refractivity contribution in [2.24, 2.45) is 0 Å². The van der Waals surface area contributed by atoms with E-state index in [1.165, 1.54) is 0 Å². The largest absolute Gasteiger partial charge is 0.508 e. The second-order valence-corrected chi connectivity index (χ2v) is 3.39. The van der Waals surface area contributed by atoms with Crippen LogP contribution in [0.5, 0.6) is 5.75 Å². The summed E-state index contributed by atoms with van der Waals surface area (Å²) in [5, 5.41) is 9.55. The number of hydrogen-bond donors (Lipinski definition) is 1. The van der Waals surface area contributed by atoms with Crippen molar-refractivity contribution in [3.63, 3.8) is 0 Å². The van der Waals surface area contributed by atoms with Crippen molar-refractivity contribution in [2.75, 3.05) is 6.61 Å². The zero-order chi connectivity index (χ0) is 9.26. The lowest BCUT2D eigenvalue weighted by Crippen LogP contribution is -1.95. The third kappa shape index (κ3) is 1.68. The van der Waals surface area contributed by atoms with E-state index >= 15 is 0 Å². The van der Waals surface area contributed by atoms with E-state index in [0.29, 0.717) is 17.8 Å². The zero-order valence-corrected chi connectivity index (χ0v) is 7.73. The average molecular weight is 178 g/mol. The van der Waals surface area contributed by atoms with Gasteiger partial charge in [0.05, 0.1) is 6.10 Å². The molecule has 2 atom stereocenters. The molecule has 1 aromatic rings. The highest BCUT2D eigenvalue weighted by Crippen LogP contribution is 2.46. The van der Waals surface area contributed by atoms with Crippen LogP contribution >= 0.6 is 0 Å². The smallest absolute Gasteiger partial charge is 0.119 e. The van der Waals surface area contributed by atoms with Crippen molar-refractivity contribution in [3.05, 3.63) is 29.8 Å². The van der Waals surface area contributed by atoms with Crippen molar-refractivity contribution in [2.45, 2.75) is 25.4 Å². The maximum Gasteiger partial charge on any atom is 0.119 e. The Bertz CT molecular complexity index is 296. The van der Waals surface area contributed by atoms with E-state index < -0.39 is 0 Å². The minimum absolute atomic E-state index is 0.332. The minimum atomic E-state index is 0.332. The molecule has 0 spiro atoms. The molecule has 2 heteroatoms. The van der Waals surface area contributed by atoms with Gasteiger partial charge in [-0.25, -0.2) is 0 Å². The van der Waals surface area contributed by atoms with Crippen LogP contribution in [0.4, 0.5) is 0 Å². The molecule has 70 valence electrons. The monoisotopic (exact) mass is 178 g/mol. The standard InChI is InChI=1S/C11H14O2/c1-2-13-11-7-9(11)8-5-3-4-6-10(8)12/h3-6,9,11-12H,2,7H2,1H3. The molecule has 1 saturated carbocycles. The summed E-state index contributed by atoms with van der Waals surface area (Å²) in [7, 11) is 0. The summed E-state index contributed by atoms with van der Waals surface area (Å²) >= 11 is 0. The van der Waals surface area contributed by atoms with Gasteiger partial charge in [0.1, 0.15) is 5.75 Å². The van der Waals surface area contributed by atoms with Gasteiger partial charge >= 0.3 is 0 Å². The third-order valence-corrected chi connectivity index (χ3v) is 2.45. The average Bonchev–Trinajstić information content (AvgIpc) is 2.86. The molecule has 1 fully saturated rings. The fraction of sp³-hybridized carbons (Fsp3) is 0.455. The Morgan fingerprint density at radius 1 is 1.46 bits per heavy atom. The van der Waals surface area contributed by atoms with Gasteiger partial charge in [-0.15, -0.1) is 0 Å². The molecule has 0 saturated heterocycles. The van der Waals surface area contributed by atoms with Gasteiger partial charge in [0, 0.05) is 12.5 Å². The van der Waals surface area contributed by atoms with Gasteiger partial charge in [-0.05, 0) is 25.0 Å². The molecular formula is C11H14O2. The number of phenolic OH excluding ortho intramolecular Hbond substituents is 1. The van der Waals surface area contributed by atoms with E-state index in [2.05, 4.69) is 0 Å². The Balaban J connectivity index is 2.07. The number of hydrogen-bond acceptors (Lipinski definition) is 2. The molecule has 2 nitrogen and oxygen atoms in total. The fourth-order valence-electron chi connectivity index (χ4n) is 1.70. The quantitative estimate of drug-likeness (QED) is 0.769. The van der Waals surface area contributed by atoms with Crippen molar-refractivity contribution < 1.29 is 9.84 Å². The van der Waals surface area contributed by atoms with Crippen LogP contribution in [0.25, 0.3) is 0 Å². The predicted molar refractivity (Wildman–Crippen MR) is 50.9 cm³/mol. The number of phenols is 1. The van der Waals surface area contributed by atoms with E-state index in [9.17, 15) is 5.11 Å². The second-order valence-electron chi connectivity index (χ2n) is 3.39. The molecule has 0 heterocycles. The number of para-hydroxylation sites is 1. The Labute approximate surface area is 78.2 Å². The Morgan fingerprint density at radius 3 is 2.92 bits per heavy atom. The topological polar surface area (TPSA) is 29.5 Å². The molecule has 0 aromatic heterocycles. The summed E-state index contributed by atoms with van der Waals surface area (Å²) in [6, 6.07) is 7.50. The van der Waals surface area contributed by atoms with Gasteiger partial charge in [0.15, 0.2) is 0 Å². The molecule has 0 bridgehead atoms. The highest BCUT2D eigenvalue weighted by Gasteiger charge is 2.40. The third-order valence-electron chi connectivity index (χ3n) is 2.45. The molecule has 1 N–H and O–H groups in total. The van der Waals surface area contributed by atoms with Gasteiger partial charge in [0.2, 0.25) is 0 Å². The van der Waals surface area contributed by atoms with Crippen LogP contribution in [0.15, 0.2) is 24.3 Å². The normalized spacial score (nSPS) is 25.9. The van der Waals surface area contributed by atoms with Gasteiger partial charge < -0.3 is 9.84 Å². The Hall–Kier alpha value is -1.02. The highest BCUT2D eigenvalue weighted by molar-refractivity contribution is 5.38. The molecule has 0 amide bonds. The summed E-state index contributed by atoms with van der Waals surface area (Å²) in [5.41, 5.74) is 1.03. The number of ether oxygens (including phenoxy) is 1. The highest BCUT2D eigenvalue weighted by atomic mass is 16.5. The van der Waals surface area contributed by atoms with Crippen molar-refractivity contribution in [1.82, 2.24) is 0 Å². The molecule has 1 aliphatic rings. The van der Waals surface area contributed by atoms with Crippen LogP contribution < -0.4 is 0 Å². The van der Waals surface area contributed by atoms with Crippen molar-refractivity contribution in [1.29, 1.82) is 0 Å². The lowest BCUT2D eigenvalue weighted by atomic mass is 10.1. The first-order valence-electron chi connectivity index (χ1n) is 4.72. The van der Waals surface area contributed by atoms with Crippen LogP contribution in [-0.4, -0.2) is 17.8 Å². The Morgan fingerprint density at radius 2 is 2.23 bits per heavy atom. The number of benzene rings is 1. The first kappa shape index (κ1) is 8.57. The second kappa shape index (κ2) is 3.38. The number of rotatable bonds is 3. The Kier molecular flexibility index (Phi) is 2.23. The van der Waals surface area contributed by atoms with Crippen LogP contribution in [0.2, 0.25) is 0 Å². The van der Waals surface area contributed by atoms with Crippen LogP contribution in [-0.2, 0) is 4.74 Å². The van der Waals surface area contributed by atoms with Gasteiger partial charge in [0.25, 0.3) is 0 Å². The van der Waals surface area contributed by atoms with E-state index in [-0.39, 0.29) is 0 Å². The molecule has 13 heavy (non-hydrogen) atoms. The molecule has 0 aliphatic heterocycles. The van der Waals surface area contributed by atoms with E-state index in [1.807, 2.05) is 25.1 Å². The maximum absolute atomic E-state index is 9.55. The summed E-state index contributed by atoms with van der Waals surface area (Å²) in [6.07, 6.45) is 1.38. The number of aromatic hydroxyl groups is 1. The summed E-state index contributed by atoms with van der Waals surface area (Å²) < 4.78 is 5.46. The fourth-order valence-corrected chi connectivity index (χ4v) is 1.70. The van der Waals surface area contributed by atoms with E-state index in [0.717, 1.165) is 18.6 Å². The predicted octanol–water partition coefficient (Wildman–Crippen LogP) is 2.28. The SMILES string of the molecule is CCOC1CC1c1ccccc1O. The van der Waals surface area contributed by atoms with Gasteiger partial charge in [-0.2, -0.15) is 0 Å². The summed E-state index contributed by atoms with van der Waals surface area (Å²) in [4.78, 5) is 0. The molecule has 2 unspecified atom stereocenters. The summed E-state index contributed by atoms with van der Waals surface area (Å²) in [5.74, 6) is 0.816. The van der Waals surface area contributed by atoms with Gasteiger partial charge in [-0.1, -0.05) is 18.2 Å². The van der Waals surface area contributed by atoms with Crippen LogP contribution in [0.3, 0.4) is 0 Å². The van der Waals surface area contributed by atoms with Crippen molar-refractivity contribution in [3.8, 4) is 5.75 Å². The molecule has 0 radical (unpaired) electrons. The van der Waals surface area contributed by atoms with E-state index in [4.69, 9.17) is 4.74 Å². The molecule has 2 rings (SSSR count). The molecule has 1 aromatic carbocycles. The van der Waals surface area contributed by atoms with Crippen LogP contribution in [0.1, 0.15) is 24.8 Å². The van der Waals surface area contributed by atoms with E-state index in [1.54, 1.807) is 6.07 Å². The maximum atomic E-state index is 9.55. The minimum Gasteiger partial charge on any atom is -0.508 e. The molecule has 1 aliphatic carbocycles.